The zero-order valence-corrected chi connectivity index (χ0v) is 8.25. The summed E-state index contributed by atoms with van der Waals surface area (Å²) in [6, 6.07) is 6.46. The molecule has 5 heteroatoms. The van der Waals surface area contributed by atoms with Gasteiger partial charge in [0, 0.05) is 6.07 Å². The van der Waals surface area contributed by atoms with Crippen LogP contribution >= 0.6 is 0 Å². The molecule has 1 heterocycles. The van der Waals surface area contributed by atoms with E-state index in [1.807, 2.05) is 6.92 Å². The Morgan fingerprint density at radius 3 is 2.80 bits per heavy atom. The van der Waals surface area contributed by atoms with Crippen molar-refractivity contribution in [1.82, 2.24) is 0 Å². The maximum atomic E-state index is 10.8. The van der Waals surface area contributed by atoms with Gasteiger partial charge in [0.15, 0.2) is 6.29 Å². The van der Waals surface area contributed by atoms with Crippen LogP contribution < -0.4 is 0 Å². The molecule has 2 atom stereocenters. The van der Waals surface area contributed by atoms with Crippen molar-refractivity contribution in [3.05, 3.63) is 39.9 Å². The van der Waals surface area contributed by atoms with Crippen molar-refractivity contribution in [3.8, 4) is 0 Å². The number of nitro groups is 1. The average Bonchev–Trinajstić information content (AvgIpc) is 2.65. The molecule has 0 saturated carbocycles. The Kier molecular flexibility index (Phi) is 2.66. The molecule has 2 unspecified atom stereocenters. The molecule has 1 saturated heterocycles. The van der Waals surface area contributed by atoms with Crippen molar-refractivity contribution in [3.63, 3.8) is 0 Å². The third-order valence-corrected chi connectivity index (χ3v) is 2.23. The van der Waals surface area contributed by atoms with Gasteiger partial charge in [0.25, 0.3) is 5.69 Å². The molecule has 0 spiro atoms. The molecule has 0 amide bonds. The highest BCUT2D eigenvalue weighted by Crippen LogP contribution is 2.32. The fraction of sp³-hybridized carbons (Fsp3) is 0.400. The predicted molar refractivity (Wildman–Crippen MR) is 52.3 cm³/mol. The summed E-state index contributed by atoms with van der Waals surface area (Å²) in [5.41, 5.74) is 0.517. The second-order valence-corrected chi connectivity index (χ2v) is 3.43. The number of hydrogen-bond donors (Lipinski definition) is 0. The van der Waals surface area contributed by atoms with Crippen LogP contribution in [-0.4, -0.2) is 17.6 Å². The summed E-state index contributed by atoms with van der Waals surface area (Å²) in [4.78, 5) is 10.3. The van der Waals surface area contributed by atoms with E-state index in [1.165, 1.54) is 6.07 Å². The van der Waals surface area contributed by atoms with Crippen molar-refractivity contribution in [1.29, 1.82) is 0 Å². The van der Waals surface area contributed by atoms with E-state index >= 15 is 0 Å². The second kappa shape index (κ2) is 3.96. The first kappa shape index (κ1) is 10.1. The first-order chi connectivity index (χ1) is 7.18. The zero-order chi connectivity index (χ0) is 10.8. The third-order valence-electron chi connectivity index (χ3n) is 2.23. The molecule has 0 aromatic heterocycles. The first-order valence-corrected chi connectivity index (χ1v) is 4.69. The lowest BCUT2D eigenvalue weighted by atomic mass is 10.2. The van der Waals surface area contributed by atoms with Crippen LogP contribution in [0.2, 0.25) is 0 Å². The summed E-state index contributed by atoms with van der Waals surface area (Å²) in [5, 5.41) is 10.8. The lowest BCUT2D eigenvalue weighted by Gasteiger charge is -2.09. The van der Waals surface area contributed by atoms with Gasteiger partial charge in [-0.1, -0.05) is 12.1 Å². The lowest BCUT2D eigenvalue weighted by Crippen LogP contribution is -2.04. The van der Waals surface area contributed by atoms with Gasteiger partial charge in [-0.2, -0.15) is 0 Å². The molecule has 1 aromatic carbocycles. The van der Waals surface area contributed by atoms with E-state index in [1.54, 1.807) is 18.2 Å². The van der Waals surface area contributed by atoms with Crippen molar-refractivity contribution in [2.45, 2.75) is 19.3 Å². The van der Waals surface area contributed by atoms with E-state index in [2.05, 4.69) is 0 Å². The topological polar surface area (TPSA) is 61.6 Å². The summed E-state index contributed by atoms with van der Waals surface area (Å²) in [6.07, 6.45) is -0.628. The van der Waals surface area contributed by atoms with Crippen molar-refractivity contribution in [2.75, 3.05) is 6.61 Å². The van der Waals surface area contributed by atoms with Crippen LogP contribution in [-0.2, 0) is 9.47 Å². The molecule has 0 radical (unpaired) electrons. The van der Waals surface area contributed by atoms with Crippen LogP contribution in [0.5, 0.6) is 0 Å². The third kappa shape index (κ3) is 1.98. The molecule has 80 valence electrons. The van der Waals surface area contributed by atoms with Crippen LogP contribution in [0.1, 0.15) is 18.8 Å². The minimum absolute atomic E-state index is 0.0187. The van der Waals surface area contributed by atoms with E-state index in [0.29, 0.717) is 12.2 Å². The number of hydrogen-bond acceptors (Lipinski definition) is 4. The smallest absolute Gasteiger partial charge is 0.277 e. The van der Waals surface area contributed by atoms with Crippen LogP contribution in [0, 0.1) is 10.1 Å². The van der Waals surface area contributed by atoms with Crippen molar-refractivity contribution >= 4 is 5.69 Å². The zero-order valence-electron chi connectivity index (χ0n) is 8.25. The number of benzene rings is 1. The summed E-state index contributed by atoms with van der Waals surface area (Å²) in [5.74, 6) is 0. The number of para-hydroxylation sites is 1. The fourth-order valence-electron chi connectivity index (χ4n) is 1.53. The largest absolute Gasteiger partial charge is 0.345 e. The maximum absolute atomic E-state index is 10.8. The average molecular weight is 209 g/mol. The molecule has 5 nitrogen and oxygen atoms in total. The van der Waals surface area contributed by atoms with Gasteiger partial charge in [-0.15, -0.1) is 0 Å². The lowest BCUT2D eigenvalue weighted by molar-refractivity contribution is -0.386. The van der Waals surface area contributed by atoms with Gasteiger partial charge in [0.05, 0.1) is 23.2 Å². The van der Waals surface area contributed by atoms with E-state index < -0.39 is 11.2 Å². The van der Waals surface area contributed by atoms with Gasteiger partial charge in [-0.05, 0) is 13.0 Å². The Labute approximate surface area is 86.8 Å². The number of nitrogens with zero attached hydrogens (tertiary/aromatic N) is 1. The van der Waals surface area contributed by atoms with E-state index in [4.69, 9.17) is 9.47 Å². The molecule has 1 aliphatic heterocycles. The monoisotopic (exact) mass is 209 g/mol. The SMILES string of the molecule is CC1COC(c2ccccc2[N+](=O)[O-])O1. The Balaban J connectivity index is 2.31. The van der Waals surface area contributed by atoms with Gasteiger partial charge in [0.1, 0.15) is 0 Å². The molecule has 15 heavy (non-hydrogen) atoms. The minimum Gasteiger partial charge on any atom is -0.345 e. The molecule has 0 aliphatic carbocycles. The van der Waals surface area contributed by atoms with Gasteiger partial charge in [-0.3, -0.25) is 10.1 Å². The number of nitro benzene ring substituents is 1. The first-order valence-electron chi connectivity index (χ1n) is 4.69. The van der Waals surface area contributed by atoms with Crippen molar-refractivity contribution in [2.24, 2.45) is 0 Å². The molecular weight excluding hydrogens is 198 g/mol. The highest BCUT2D eigenvalue weighted by atomic mass is 16.7. The van der Waals surface area contributed by atoms with Crippen LogP contribution in [0.15, 0.2) is 24.3 Å². The van der Waals surface area contributed by atoms with Crippen LogP contribution in [0.25, 0.3) is 0 Å². The second-order valence-electron chi connectivity index (χ2n) is 3.43. The summed E-state index contributed by atoms with van der Waals surface area (Å²) >= 11 is 0. The van der Waals surface area contributed by atoms with Crippen LogP contribution in [0.3, 0.4) is 0 Å². The molecule has 0 bridgehead atoms. The Bertz CT molecular complexity index is 379. The highest BCUT2D eigenvalue weighted by Gasteiger charge is 2.29. The quantitative estimate of drug-likeness (QED) is 0.552. The molecular formula is C10H11NO4. The summed E-state index contributed by atoms with van der Waals surface area (Å²) in [7, 11) is 0. The standard InChI is InChI=1S/C10H11NO4/c1-7-6-14-10(15-7)8-4-2-3-5-9(8)11(12)13/h2-5,7,10H,6H2,1H3. The van der Waals surface area contributed by atoms with E-state index in [-0.39, 0.29) is 11.8 Å². The van der Waals surface area contributed by atoms with Crippen molar-refractivity contribution < 1.29 is 14.4 Å². The maximum Gasteiger partial charge on any atom is 0.277 e. The molecule has 1 fully saturated rings. The normalized spacial score (nSPS) is 25.4. The van der Waals surface area contributed by atoms with E-state index in [0.717, 1.165) is 0 Å². The number of ether oxygens (including phenoxy) is 2. The van der Waals surface area contributed by atoms with Gasteiger partial charge in [0.2, 0.25) is 0 Å². The van der Waals surface area contributed by atoms with Gasteiger partial charge >= 0.3 is 0 Å². The molecule has 1 aliphatic rings. The van der Waals surface area contributed by atoms with Gasteiger partial charge in [-0.25, -0.2) is 0 Å². The van der Waals surface area contributed by atoms with Gasteiger partial charge < -0.3 is 9.47 Å². The highest BCUT2D eigenvalue weighted by molar-refractivity contribution is 5.40. The summed E-state index contributed by atoms with van der Waals surface area (Å²) in [6.45, 7) is 2.34. The molecule has 0 N–H and O–H groups in total. The fourth-order valence-corrected chi connectivity index (χ4v) is 1.53. The Morgan fingerprint density at radius 2 is 2.20 bits per heavy atom. The Morgan fingerprint density at radius 1 is 1.47 bits per heavy atom. The Hall–Kier alpha value is -1.46. The number of rotatable bonds is 2. The van der Waals surface area contributed by atoms with Crippen LogP contribution in [0.4, 0.5) is 5.69 Å². The molecule has 1 aromatic rings. The van der Waals surface area contributed by atoms with E-state index in [9.17, 15) is 10.1 Å². The summed E-state index contributed by atoms with van der Waals surface area (Å²) < 4.78 is 10.7. The predicted octanol–water partition coefficient (Wildman–Crippen LogP) is 2.03. The molecule has 2 rings (SSSR count). The minimum atomic E-state index is -0.610.